The fourth-order valence-corrected chi connectivity index (χ4v) is 4.03. The maximum absolute atomic E-state index is 13.9. The Morgan fingerprint density at radius 2 is 2.03 bits per heavy atom. The van der Waals surface area contributed by atoms with E-state index in [2.05, 4.69) is 31.3 Å². The zero-order valence-electron chi connectivity index (χ0n) is 20.9. The summed E-state index contributed by atoms with van der Waals surface area (Å²) in [6.07, 6.45) is 1.93. The number of nitro groups is 1. The molecule has 39 heavy (non-hydrogen) atoms. The van der Waals surface area contributed by atoms with Crippen LogP contribution in [0.15, 0.2) is 75.0 Å². The highest BCUT2D eigenvalue weighted by Gasteiger charge is 2.17. The average Bonchev–Trinajstić information content (AvgIpc) is 2.92. The third-order valence-corrected chi connectivity index (χ3v) is 6.40. The zero-order valence-corrected chi connectivity index (χ0v) is 22.5. The molecule has 0 saturated carbocycles. The van der Waals surface area contributed by atoms with Crippen LogP contribution >= 0.6 is 15.9 Å². The van der Waals surface area contributed by atoms with Gasteiger partial charge in [0.15, 0.2) is 6.61 Å². The summed E-state index contributed by atoms with van der Waals surface area (Å²) in [5.41, 5.74) is 0.00748. The third-order valence-electron chi connectivity index (χ3n) is 5.91. The van der Waals surface area contributed by atoms with E-state index in [4.69, 9.17) is 4.74 Å². The molecule has 0 aliphatic heterocycles. The van der Waals surface area contributed by atoms with Gasteiger partial charge in [0, 0.05) is 28.1 Å². The molecule has 0 bridgehead atoms. The fourth-order valence-electron chi connectivity index (χ4n) is 3.67. The predicted molar refractivity (Wildman–Crippen MR) is 149 cm³/mol. The number of halogens is 2. The first-order chi connectivity index (χ1) is 18.7. The normalized spacial score (nSPS) is 12.0. The van der Waals surface area contributed by atoms with Crippen LogP contribution in [0, 0.1) is 15.9 Å². The summed E-state index contributed by atoms with van der Waals surface area (Å²) < 4.78 is 21.3. The number of anilines is 1. The molecule has 1 atom stereocenters. The molecule has 200 valence electrons. The number of carbonyl (C=O) groups is 1. The highest BCUT2D eigenvalue weighted by Crippen LogP contribution is 2.24. The molecule has 3 aromatic carbocycles. The van der Waals surface area contributed by atoms with Gasteiger partial charge in [0.25, 0.3) is 17.2 Å². The Hall–Kier alpha value is -4.45. The second-order valence-electron chi connectivity index (χ2n) is 8.60. The minimum Gasteiger partial charge on any atom is -0.483 e. The van der Waals surface area contributed by atoms with E-state index >= 15 is 0 Å². The molecule has 1 N–H and O–H groups in total. The number of amides is 1. The predicted octanol–water partition coefficient (Wildman–Crippen LogP) is 5.62. The molecule has 4 rings (SSSR count). The summed E-state index contributed by atoms with van der Waals surface area (Å²) in [7, 11) is 0. The third kappa shape index (κ3) is 6.34. The summed E-state index contributed by atoms with van der Waals surface area (Å²) in [6, 6.07) is 14.6. The van der Waals surface area contributed by atoms with Gasteiger partial charge in [-0.15, -0.1) is 0 Å². The van der Waals surface area contributed by atoms with Crippen LogP contribution in [0.1, 0.15) is 37.6 Å². The van der Waals surface area contributed by atoms with Crippen molar-refractivity contribution in [3.05, 3.63) is 103 Å². The number of non-ortho nitro benzene ring substituents is 1. The number of nitro benzene ring substituents is 1. The van der Waals surface area contributed by atoms with Crippen molar-refractivity contribution >= 4 is 50.3 Å². The lowest BCUT2D eigenvalue weighted by Crippen LogP contribution is -2.24. The van der Waals surface area contributed by atoms with Gasteiger partial charge >= 0.3 is 0 Å². The first-order valence-corrected chi connectivity index (χ1v) is 12.7. The minimum atomic E-state index is -0.638. The standard InChI is InChI=1S/C27H23BrFN5O5/c1-3-16(2)26-32-22-10-8-18(28)13-20(22)27(36)33(26)30-14-17-12-19(34(37)38)9-11-24(17)39-15-25(35)31-23-7-5-4-6-21(23)29/h4-14,16H,3,15H2,1-2H3,(H,31,35)/t16-/m1/s1. The maximum Gasteiger partial charge on any atom is 0.282 e. The van der Waals surface area contributed by atoms with Crippen LogP contribution in [0.2, 0.25) is 0 Å². The van der Waals surface area contributed by atoms with Crippen molar-refractivity contribution in [1.29, 1.82) is 0 Å². The molecule has 1 heterocycles. The monoisotopic (exact) mass is 595 g/mol. The van der Waals surface area contributed by atoms with Gasteiger partial charge in [-0.1, -0.05) is 41.9 Å². The van der Waals surface area contributed by atoms with E-state index in [9.17, 15) is 24.1 Å². The number of aromatic nitrogens is 2. The zero-order chi connectivity index (χ0) is 28.1. The van der Waals surface area contributed by atoms with Crippen molar-refractivity contribution < 1.29 is 18.8 Å². The number of carbonyl (C=O) groups excluding carboxylic acids is 1. The number of hydrogen-bond acceptors (Lipinski definition) is 7. The van der Waals surface area contributed by atoms with Gasteiger partial charge in [-0.3, -0.25) is 19.7 Å². The molecule has 1 amide bonds. The van der Waals surface area contributed by atoms with Crippen LogP contribution < -0.4 is 15.6 Å². The van der Waals surface area contributed by atoms with Gasteiger partial charge in [0.05, 0.1) is 27.7 Å². The Balaban J connectivity index is 1.70. The Kier molecular flexibility index (Phi) is 8.45. The number of benzene rings is 3. The SMILES string of the molecule is CC[C@@H](C)c1nc2ccc(Br)cc2c(=O)n1N=Cc1cc([N+](=O)[O-])ccc1OCC(=O)Nc1ccccc1F. The first kappa shape index (κ1) is 27.6. The van der Waals surface area contributed by atoms with Crippen LogP contribution in [0.25, 0.3) is 10.9 Å². The lowest BCUT2D eigenvalue weighted by molar-refractivity contribution is -0.384. The van der Waals surface area contributed by atoms with Crippen LogP contribution in [0.4, 0.5) is 15.8 Å². The van der Waals surface area contributed by atoms with E-state index in [1.807, 2.05) is 13.8 Å². The average molecular weight is 596 g/mol. The number of rotatable bonds is 9. The van der Waals surface area contributed by atoms with Crippen molar-refractivity contribution in [2.45, 2.75) is 26.2 Å². The summed E-state index contributed by atoms with van der Waals surface area (Å²) in [5, 5.41) is 18.5. The highest BCUT2D eigenvalue weighted by molar-refractivity contribution is 9.10. The van der Waals surface area contributed by atoms with Crippen LogP contribution in [-0.4, -0.2) is 33.3 Å². The molecule has 0 fully saturated rings. The van der Waals surface area contributed by atoms with Gasteiger partial charge in [0.1, 0.15) is 17.4 Å². The summed E-state index contributed by atoms with van der Waals surface area (Å²) in [4.78, 5) is 41.2. The molecule has 0 aliphatic carbocycles. The molecule has 10 nitrogen and oxygen atoms in total. The van der Waals surface area contributed by atoms with Crippen LogP contribution in [0.5, 0.6) is 5.75 Å². The van der Waals surface area contributed by atoms with Gasteiger partial charge in [-0.05, 0) is 42.8 Å². The van der Waals surface area contributed by atoms with Crippen molar-refractivity contribution in [1.82, 2.24) is 9.66 Å². The molecular weight excluding hydrogens is 573 g/mol. The highest BCUT2D eigenvalue weighted by atomic mass is 79.9. The molecule has 0 aliphatic rings. The molecule has 0 saturated heterocycles. The molecular formula is C27H23BrFN5O5. The first-order valence-electron chi connectivity index (χ1n) is 11.9. The van der Waals surface area contributed by atoms with Crippen molar-refractivity contribution in [2.24, 2.45) is 5.10 Å². The summed E-state index contributed by atoms with van der Waals surface area (Å²) >= 11 is 3.36. The Morgan fingerprint density at radius 3 is 2.74 bits per heavy atom. The Bertz CT molecular complexity index is 1660. The Labute approximate surface area is 230 Å². The minimum absolute atomic E-state index is 0.0102. The molecule has 1 aromatic heterocycles. The van der Waals surface area contributed by atoms with E-state index in [0.29, 0.717) is 27.6 Å². The second kappa shape index (κ2) is 11.9. The molecule has 0 spiro atoms. The van der Waals surface area contributed by atoms with E-state index in [1.54, 1.807) is 24.3 Å². The topological polar surface area (TPSA) is 129 Å². The molecule has 4 aromatic rings. The van der Waals surface area contributed by atoms with Crippen molar-refractivity contribution in [2.75, 3.05) is 11.9 Å². The molecule has 12 heteroatoms. The molecule has 0 unspecified atom stereocenters. The van der Waals surface area contributed by atoms with E-state index in [-0.39, 0.29) is 28.6 Å². The number of para-hydroxylation sites is 1. The quantitative estimate of drug-likeness (QED) is 0.152. The van der Waals surface area contributed by atoms with Gasteiger partial charge in [-0.25, -0.2) is 9.37 Å². The lowest BCUT2D eigenvalue weighted by Gasteiger charge is -2.14. The largest absolute Gasteiger partial charge is 0.483 e. The fraction of sp³-hybridized carbons (Fsp3) is 0.185. The molecule has 0 radical (unpaired) electrons. The number of nitrogens with zero attached hydrogens (tertiary/aromatic N) is 4. The van der Waals surface area contributed by atoms with Crippen molar-refractivity contribution in [3.63, 3.8) is 0 Å². The van der Waals surface area contributed by atoms with Gasteiger partial charge in [0.2, 0.25) is 0 Å². The number of hydrogen-bond donors (Lipinski definition) is 1. The number of ether oxygens (including phenoxy) is 1. The van der Waals surface area contributed by atoms with Crippen molar-refractivity contribution in [3.8, 4) is 5.75 Å². The van der Waals surface area contributed by atoms with E-state index < -0.39 is 28.8 Å². The van der Waals surface area contributed by atoms with Crippen LogP contribution in [-0.2, 0) is 4.79 Å². The summed E-state index contributed by atoms with van der Waals surface area (Å²) in [5.74, 6) is -0.840. The second-order valence-corrected chi connectivity index (χ2v) is 9.51. The summed E-state index contributed by atoms with van der Waals surface area (Å²) in [6.45, 7) is 3.36. The number of nitrogens with one attached hydrogen (secondary N) is 1. The smallest absolute Gasteiger partial charge is 0.282 e. The number of fused-ring (bicyclic) bond motifs is 1. The van der Waals surface area contributed by atoms with Gasteiger partial charge < -0.3 is 10.1 Å². The van der Waals surface area contributed by atoms with E-state index in [0.717, 1.165) is 4.68 Å². The maximum atomic E-state index is 13.9. The lowest BCUT2D eigenvalue weighted by atomic mass is 10.1. The Morgan fingerprint density at radius 1 is 1.26 bits per heavy atom. The van der Waals surface area contributed by atoms with E-state index in [1.165, 1.54) is 42.6 Å². The van der Waals surface area contributed by atoms with Gasteiger partial charge in [-0.2, -0.15) is 9.78 Å². The van der Waals surface area contributed by atoms with Crippen LogP contribution in [0.3, 0.4) is 0 Å².